The van der Waals surface area contributed by atoms with Gasteiger partial charge < -0.3 is 9.64 Å². The van der Waals surface area contributed by atoms with Crippen molar-refractivity contribution < 1.29 is 9.53 Å². The van der Waals surface area contributed by atoms with Gasteiger partial charge in [-0.2, -0.15) is 0 Å². The van der Waals surface area contributed by atoms with Crippen LogP contribution in [-0.4, -0.2) is 35.6 Å². The van der Waals surface area contributed by atoms with E-state index in [1.165, 1.54) is 29.7 Å². The van der Waals surface area contributed by atoms with Gasteiger partial charge >= 0.3 is 6.03 Å². The summed E-state index contributed by atoms with van der Waals surface area (Å²) in [4.78, 5) is 19.2. The highest BCUT2D eigenvalue weighted by molar-refractivity contribution is 7.14. The van der Waals surface area contributed by atoms with Crippen LogP contribution in [0.3, 0.4) is 0 Å². The highest BCUT2D eigenvalue weighted by atomic mass is 32.1. The number of nitrogens with one attached hydrogen (secondary N) is 1. The predicted octanol–water partition coefficient (Wildman–Crippen LogP) is 4.27. The van der Waals surface area contributed by atoms with Gasteiger partial charge in [-0.1, -0.05) is 12.1 Å². The maximum atomic E-state index is 12.8. The van der Waals surface area contributed by atoms with Crippen LogP contribution in [0.4, 0.5) is 9.80 Å². The Kier molecular flexibility index (Phi) is 4.61. The summed E-state index contributed by atoms with van der Waals surface area (Å²) in [7, 11) is 1.68. The number of carbonyl (C=O) groups is 1. The van der Waals surface area contributed by atoms with Crippen LogP contribution in [0.15, 0.2) is 29.8 Å². The minimum absolute atomic E-state index is 0.0107. The first kappa shape index (κ1) is 16.4. The Labute approximate surface area is 152 Å². The molecule has 25 heavy (non-hydrogen) atoms. The van der Waals surface area contributed by atoms with Gasteiger partial charge in [-0.25, -0.2) is 9.78 Å². The highest BCUT2D eigenvalue weighted by Gasteiger charge is 2.32. The van der Waals surface area contributed by atoms with Gasteiger partial charge in [0.1, 0.15) is 10.8 Å². The average molecular weight is 357 g/mol. The lowest BCUT2D eigenvalue weighted by Crippen LogP contribution is -2.39. The van der Waals surface area contributed by atoms with Gasteiger partial charge in [-0.05, 0) is 49.8 Å². The molecule has 4 rings (SSSR count). The molecule has 0 bridgehead atoms. The van der Waals surface area contributed by atoms with E-state index in [-0.39, 0.29) is 12.1 Å². The number of nitrogens with zero attached hydrogens (tertiary/aromatic N) is 2. The molecular weight excluding hydrogens is 334 g/mol. The van der Waals surface area contributed by atoms with Crippen LogP contribution in [0.2, 0.25) is 0 Å². The molecule has 6 heteroatoms. The van der Waals surface area contributed by atoms with Crippen LogP contribution in [-0.2, 0) is 6.42 Å². The number of ether oxygens (including phenoxy) is 1. The first-order valence-corrected chi connectivity index (χ1v) is 9.76. The van der Waals surface area contributed by atoms with Crippen molar-refractivity contribution in [1.82, 2.24) is 9.88 Å². The van der Waals surface area contributed by atoms with Gasteiger partial charge in [0.15, 0.2) is 0 Å². The normalized spacial score (nSPS) is 19.9. The Morgan fingerprint density at radius 2 is 2.28 bits per heavy atom. The Morgan fingerprint density at radius 3 is 3.08 bits per heavy atom. The Bertz CT molecular complexity index is 757. The van der Waals surface area contributed by atoms with Crippen molar-refractivity contribution in [1.29, 1.82) is 0 Å². The van der Waals surface area contributed by atoms with Crippen LogP contribution in [0.1, 0.15) is 42.9 Å². The lowest BCUT2D eigenvalue weighted by Gasteiger charge is -2.25. The number of urea groups is 1. The van der Waals surface area contributed by atoms with Crippen molar-refractivity contribution in [3.63, 3.8) is 0 Å². The van der Waals surface area contributed by atoms with Crippen molar-refractivity contribution in [3.8, 4) is 5.75 Å². The summed E-state index contributed by atoms with van der Waals surface area (Å²) in [6, 6.07) is 8.37. The molecule has 1 aliphatic heterocycles. The van der Waals surface area contributed by atoms with Gasteiger partial charge in [0.25, 0.3) is 0 Å². The molecule has 2 amide bonds. The topological polar surface area (TPSA) is 54.5 Å². The second-order valence-corrected chi connectivity index (χ2v) is 7.67. The van der Waals surface area contributed by atoms with Crippen molar-refractivity contribution in [2.75, 3.05) is 19.0 Å². The molecule has 1 aliphatic carbocycles. The Hall–Kier alpha value is -2.08. The van der Waals surface area contributed by atoms with Gasteiger partial charge in [-0.15, -0.1) is 11.3 Å². The predicted molar refractivity (Wildman–Crippen MR) is 99.5 cm³/mol. The first-order chi connectivity index (χ1) is 12.2. The lowest BCUT2D eigenvalue weighted by atomic mass is 10.0. The van der Waals surface area contributed by atoms with E-state index in [1.54, 1.807) is 7.11 Å². The van der Waals surface area contributed by atoms with E-state index in [0.29, 0.717) is 5.92 Å². The van der Waals surface area contributed by atoms with Crippen LogP contribution >= 0.6 is 11.3 Å². The summed E-state index contributed by atoms with van der Waals surface area (Å²) in [5.74, 6) is 1.41. The SMILES string of the molecule is COc1cccc(CC2CCCN2C(=O)Nc2scnc2C2CC2)c1. The van der Waals surface area contributed by atoms with E-state index in [2.05, 4.69) is 22.4 Å². The fourth-order valence-corrected chi connectivity index (χ4v) is 4.31. The van der Waals surface area contributed by atoms with Crippen LogP contribution < -0.4 is 10.1 Å². The number of likely N-dealkylation sites (tertiary alicyclic amines) is 1. The molecule has 2 fully saturated rings. The molecule has 2 aromatic rings. The van der Waals surface area contributed by atoms with Gasteiger partial charge in [-0.3, -0.25) is 5.32 Å². The summed E-state index contributed by atoms with van der Waals surface area (Å²) in [6.45, 7) is 0.817. The molecule has 0 radical (unpaired) electrons. The third kappa shape index (κ3) is 3.63. The van der Waals surface area contributed by atoms with E-state index in [1.807, 2.05) is 22.5 Å². The number of thiazole rings is 1. The largest absolute Gasteiger partial charge is 0.497 e. The van der Waals surface area contributed by atoms with E-state index >= 15 is 0 Å². The van der Waals surface area contributed by atoms with Crippen molar-refractivity contribution in [2.45, 2.75) is 44.1 Å². The molecule has 2 aliphatic rings. The second-order valence-electron chi connectivity index (χ2n) is 6.82. The first-order valence-electron chi connectivity index (χ1n) is 8.88. The minimum atomic E-state index is 0.0107. The molecule has 2 heterocycles. The molecule has 132 valence electrons. The number of aromatic nitrogens is 1. The maximum Gasteiger partial charge on any atom is 0.322 e. The van der Waals surface area contributed by atoms with Crippen molar-refractivity contribution in [2.24, 2.45) is 0 Å². The van der Waals surface area contributed by atoms with Crippen molar-refractivity contribution >= 4 is 22.4 Å². The summed E-state index contributed by atoms with van der Waals surface area (Å²) in [5, 5.41) is 4.04. The Morgan fingerprint density at radius 1 is 1.40 bits per heavy atom. The second kappa shape index (κ2) is 7.04. The van der Waals surface area contributed by atoms with E-state index in [0.717, 1.165) is 42.3 Å². The fourth-order valence-electron chi connectivity index (χ4n) is 3.55. The summed E-state index contributed by atoms with van der Waals surface area (Å²) < 4.78 is 5.31. The minimum Gasteiger partial charge on any atom is -0.497 e. The average Bonchev–Trinajstić information content (AvgIpc) is 3.19. The number of methoxy groups -OCH3 is 1. The van der Waals surface area contributed by atoms with E-state index < -0.39 is 0 Å². The van der Waals surface area contributed by atoms with Gasteiger partial charge in [0.2, 0.25) is 0 Å². The molecule has 1 saturated heterocycles. The third-order valence-corrected chi connectivity index (χ3v) is 5.78. The number of rotatable bonds is 5. The molecule has 5 nitrogen and oxygen atoms in total. The van der Waals surface area contributed by atoms with Gasteiger partial charge in [0, 0.05) is 18.5 Å². The quantitative estimate of drug-likeness (QED) is 0.869. The van der Waals surface area contributed by atoms with Crippen LogP contribution in [0.5, 0.6) is 5.75 Å². The van der Waals surface area contributed by atoms with Crippen molar-refractivity contribution in [3.05, 3.63) is 41.0 Å². The summed E-state index contributed by atoms with van der Waals surface area (Å²) in [6.07, 6.45) is 5.34. The van der Waals surface area contributed by atoms with E-state index in [4.69, 9.17) is 4.74 Å². The van der Waals surface area contributed by atoms with E-state index in [9.17, 15) is 4.79 Å². The summed E-state index contributed by atoms with van der Waals surface area (Å²) in [5.41, 5.74) is 4.11. The van der Waals surface area contributed by atoms with Crippen LogP contribution in [0.25, 0.3) is 0 Å². The zero-order valence-corrected chi connectivity index (χ0v) is 15.2. The maximum absolute atomic E-state index is 12.8. The van der Waals surface area contributed by atoms with Gasteiger partial charge in [0.05, 0.1) is 18.3 Å². The molecule has 1 aromatic heterocycles. The smallest absolute Gasteiger partial charge is 0.322 e. The number of amides is 2. The molecule has 1 aromatic carbocycles. The Balaban J connectivity index is 1.43. The number of anilines is 1. The number of benzene rings is 1. The molecule has 0 spiro atoms. The standard InChI is InChI=1S/C19H23N3O2S/c1-24-16-6-2-4-13(11-16)10-15-5-3-9-22(15)19(23)21-18-17(14-7-8-14)20-12-25-18/h2,4,6,11-12,14-15H,3,5,7-10H2,1H3,(H,21,23). The van der Waals surface area contributed by atoms with Crippen LogP contribution in [0, 0.1) is 0 Å². The summed E-state index contributed by atoms with van der Waals surface area (Å²) >= 11 is 1.53. The number of hydrogen-bond donors (Lipinski definition) is 1. The monoisotopic (exact) mass is 357 g/mol. The third-order valence-electron chi connectivity index (χ3n) is 5.02. The fraction of sp³-hybridized carbons (Fsp3) is 0.474. The molecule has 1 atom stereocenters. The molecule has 1 saturated carbocycles. The molecule has 1 N–H and O–H groups in total. The molecule has 1 unspecified atom stereocenters. The highest BCUT2D eigenvalue weighted by Crippen LogP contribution is 2.44. The lowest BCUT2D eigenvalue weighted by molar-refractivity contribution is 0.206. The zero-order valence-electron chi connectivity index (χ0n) is 14.4. The number of hydrogen-bond acceptors (Lipinski definition) is 4. The number of carbonyl (C=O) groups excluding carboxylic acids is 1. The zero-order chi connectivity index (χ0) is 17.2. The molecular formula is C19H23N3O2S.